The maximum atomic E-state index is 11.3. The predicted octanol–water partition coefficient (Wildman–Crippen LogP) is 2.47. The number of thiophene rings is 1. The second-order valence-corrected chi connectivity index (χ2v) is 5.29. The van der Waals surface area contributed by atoms with Gasteiger partial charge in [-0.2, -0.15) is 5.26 Å². The van der Waals surface area contributed by atoms with Gasteiger partial charge in [0.2, 0.25) is 0 Å². The fraction of sp³-hybridized carbons (Fsp3) is 0.538. The maximum Gasteiger partial charge on any atom is 0.325 e. The lowest BCUT2D eigenvalue weighted by Crippen LogP contribution is -2.16. The van der Waals surface area contributed by atoms with Gasteiger partial charge in [-0.25, -0.2) is 0 Å². The zero-order valence-electron chi connectivity index (χ0n) is 10.4. The van der Waals surface area contributed by atoms with E-state index in [9.17, 15) is 10.1 Å². The molecule has 18 heavy (non-hydrogen) atoms. The first-order chi connectivity index (χ1) is 8.76. The number of ether oxygens (including phenoxy) is 1. The van der Waals surface area contributed by atoms with E-state index in [-0.39, 0.29) is 12.5 Å². The summed E-state index contributed by atoms with van der Waals surface area (Å²) in [6.45, 7) is 2.29. The minimum atomic E-state index is -0.284. The Kier molecular flexibility index (Phi) is 4.21. The van der Waals surface area contributed by atoms with Gasteiger partial charge < -0.3 is 10.1 Å². The van der Waals surface area contributed by atoms with Gasteiger partial charge in [-0.15, -0.1) is 11.3 Å². The molecule has 0 saturated carbocycles. The number of rotatable bonds is 4. The highest BCUT2D eigenvalue weighted by Crippen LogP contribution is 2.37. The Hall–Kier alpha value is -1.54. The third kappa shape index (κ3) is 2.65. The monoisotopic (exact) mass is 264 g/mol. The average Bonchev–Trinajstić information content (AvgIpc) is 2.74. The lowest BCUT2D eigenvalue weighted by molar-refractivity contribution is -0.140. The molecule has 1 aromatic heterocycles. The van der Waals surface area contributed by atoms with Gasteiger partial charge in [0.25, 0.3) is 0 Å². The van der Waals surface area contributed by atoms with Crippen molar-refractivity contribution in [3.05, 3.63) is 16.0 Å². The highest BCUT2D eigenvalue weighted by atomic mass is 32.1. The van der Waals surface area contributed by atoms with Crippen molar-refractivity contribution in [1.29, 1.82) is 5.26 Å². The van der Waals surface area contributed by atoms with Gasteiger partial charge >= 0.3 is 5.97 Å². The average molecular weight is 264 g/mol. The largest absolute Gasteiger partial charge is 0.465 e. The van der Waals surface area contributed by atoms with Gasteiger partial charge in [0, 0.05) is 4.88 Å². The van der Waals surface area contributed by atoms with Crippen molar-refractivity contribution >= 4 is 22.3 Å². The summed E-state index contributed by atoms with van der Waals surface area (Å²) in [5, 5.41) is 13.1. The molecule has 1 aliphatic rings. The quantitative estimate of drug-likeness (QED) is 0.849. The summed E-state index contributed by atoms with van der Waals surface area (Å²) >= 11 is 1.61. The molecule has 2 rings (SSSR count). The smallest absolute Gasteiger partial charge is 0.325 e. The van der Waals surface area contributed by atoms with Gasteiger partial charge in [0.1, 0.15) is 17.6 Å². The number of hydrogen-bond acceptors (Lipinski definition) is 5. The van der Waals surface area contributed by atoms with E-state index in [1.54, 1.807) is 18.3 Å². The van der Waals surface area contributed by atoms with E-state index < -0.39 is 0 Å². The molecule has 0 aliphatic heterocycles. The Morgan fingerprint density at radius 1 is 1.50 bits per heavy atom. The molecule has 1 heterocycles. The Morgan fingerprint density at radius 2 is 2.28 bits per heavy atom. The van der Waals surface area contributed by atoms with Crippen LogP contribution < -0.4 is 5.32 Å². The molecule has 0 bridgehead atoms. The highest BCUT2D eigenvalue weighted by molar-refractivity contribution is 7.16. The first kappa shape index (κ1) is 12.9. The number of carbonyl (C=O) groups is 1. The molecule has 0 fully saturated rings. The summed E-state index contributed by atoms with van der Waals surface area (Å²) in [5.41, 5.74) is 1.90. The Morgan fingerprint density at radius 3 is 3.00 bits per heavy atom. The van der Waals surface area contributed by atoms with Crippen LogP contribution in [0.4, 0.5) is 5.00 Å². The van der Waals surface area contributed by atoms with E-state index in [2.05, 4.69) is 11.4 Å². The molecular formula is C13H16N2O2S. The van der Waals surface area contributed by atoms with Gasteiger partial charge in [0.05, 0.1) is 12.2 Å². The van der Waals surface area contributed by atoms with Gasteiger partial charge in [0.15, 0.2) is 0 Å². The van der Waals surface area contributed by atoms with Crippen molar-refractivity contribution < 1.29 is 9.53 Å². The van der Waals surface area contributed by atoms with E-state index >= 15 is 0 Å². The molecular weight excluding hydrogens is 248 g/mol. The van der Waals surface area contributed by atoms with Crippen LogP contribution in [0, 0.1) is 11.3 Å². The topological polar surface area (TPSA) is 62.1 Å². The van der Waals surface area contributed by atoms with E-state index in [4.69, 9.17) is 4.74 Å². The van der Waals surface area contributed by atoms with Crippen LogP contribution in [0.25, 0.3) is 0 Å². The van der Waals surface area contributed by atoms with Crippen molar-refractivity contribution in [1.82, 2.24) is 0 Å². The van der Waals surface area contributed by atoms with Gasteiger partial charge in [-0.1, -0.05) is 0 Å². The van der Waals surface area contributed by atoms with Crippen LogP contribution in [0.15, 0.2) is 0 Å². The van der Waals surface area contributed by atoms with E-state index in [0.717, 1.165) is 29.8 Å². The molecule has 96 valence electrons. The number of nitrogens with zero attached hydrogens (tertiary/aromatic N) is 1. The first-order valence-corrected chi connectivity index (χ1v) is 7.02. The molecule has 0 spiro atoms. The van der Waals surface area contributed by atoms with E-state index in [0.29, 0.717) is 6.61 Å². The molecule has 0 unspecified atom stereocenters. The number of hydrogen-bond donors (Lipinski definition) is 1. The standard InChI is InChI=1S/C13H16N2O2S/c1-2-17-12(16)8-15-13-10(7-14)9-5-3-4-6-11(9)18-13/h15H,2-6,8H2,1H3. The molecule has 0 aromatic carbocycles. The fourth-order valence-corrected chi connectivity index (χ4v) is 3.41. The molecule has 1 aliphatic carbocycles. The minimum Gasteiger partial charge on any atom is -0.465 e. The zero-order valence-corrected chi connectivity index (χ0v) is 11.2. The van der Waals surface area contributed by atoms with Crippen molar-refractivity contribution in [2.45, 2.75) is 32.6 Å². The molecule has 5 heteroatoms. The second-order valence-electron chi connectivity index (χ2n) is 4.19. The highest BCUT2D eigenvalue weighted by Gasteiger charge is 2.20. The SMILES string of the molecule is CCOC(=O)CNc1sc2c(c1C#N)CCCC2. The molecule has 1 aromatic rings. The second kappa shape index (κ2) is 5.87. The third-order valence-electron chi connectivity index (χ3n) is 2.98. The third-order valence-corrected chi connectivity index (χ3v) is 4.23. The van der Waals surface area contributed by atoms with Crippen LogP contribution in [-0.2, 0) is 22.4 Å². The van der Waals surface area contributed by atoms with Crippen molar-refractivity contribution in [3.63, 3.8) is 0 Å². The molecule has 0 atom stereocenters. The summed E-state index contributed by atoms with van der Waals surface area (Å²) in [6.07, 6.45) is 4.37. The van der Waals surface area contributed by atoms with Crippen LogP contribution in [0.1, 0.15) is 35.8 Å². The molecule has 0 radical (unpaired) electrons. The Balaban J connectivity index is 2.11. The van der Waals surface area contributed by atoms with E-state index in [1.165, 1.54) is 16.9 Å². The number of nitriles is 1. The minimum absolute atomic E-state index is 0.127. The van der Waals surface area contributed by atoms with Crippen LogP contribution in [0.2, 0.25) is 0 Å². The molecule has 4 nitrogen and oxygen atoms in total. The Labute approximate surface area is 111 Å². The number of aryl methyl sites for hydroxylation is 1. The van der Waals surface area contributed by atoms with E-state index in [1.807, 2.05) is 0 Å². The maximum absolute atomic E-state index is 11.3. The van der Waals surface area contributed by atoms with Crippen LogP contribution >= 0.6 is 11.3 Å². The molecule has 0 saturated heterocycles. The number of anilines is 1. The summed E-state index contributed by atoms with van der Waals surface area (Å²) in [5.74, 6) is -0.284. The fourth-order valence-electron chi connectivity index (χ4n) is 2.17. The summed E-state index contributed by atoms with van der Waals surface area (Å²) in [4.78, 5) is 12.6. The molecule has 0 amide bonds. The molecule has 1 N–H and O–H groups in total. The number of carbonyl (C=O) groups excluding carboxylic acids is 1. The lowest BCUT2D eigenvalue weighted by atomic mass is 9.96. The summed E-state index contributed by atoms with van der Waals surface area (Å²) in [6, 6.07) is 2.26. The zero-order chi connectivity index (χ0) is 13.0. The number of esters is 1. The Bertz CT molecular complexity index is 488. The van der Waals surface area contributed by atoms with Crippen LogP contribution in [-0.4, -0.2) is 19.1 Å². The summed E-state index contributed by atoms with van der Waals surface area (Å²) < 4.78 is 4.86. The number of fused-ring (bicyclic) bond motifs is 1. The number of nitrogens with one attached hydrogen (secondary N) is 1. The van der Waals surface area contributed by atoms with Gasteiger partial charge in [-0.05, 0) is 38.2 Å². The van der Waals surface area contributed by atoms with Crippen LogP contribution in [0.3, 0.4) is 0 Å². The van der Waals surface area contributed by atoms with Crippen molar-refractivity contribution in [3.8, 4) is 6.07 Å². The van der Waals surface area contributed by atoms with Crippen molar-refractivity contribution in [2.24, 2.45) is 0 Å². The van der Waals surface area contributed by atoms with Crippen molar-refractivity contribution in [2.75, 3.05) is 18.5 Å². The van der Waals surface area contributed by atoms with Crippen LogP contribution in [0.5, 0.6) is 0 Å². The summed E-state index contributed by atoms with van der Waals surface area (Å²) in [7, 11) is 0. The van der Waals surface area contributed by atoms with Gasteiger partial charge in [-0.3, -0.25) is 4.79 Å². The predicted molar refractivity (Wildman–Crippen MR) is 70.8 cm³/mol. The lowest BCUT2D eigenvalue weighted by Gasteiger charge is -2.09. The first-order valence-electron chi connectivity index (χ1n) is 6.20. The normalized spacial score (nSPS) is 13.6.